The Hall–Kier alpha value is -3.40. The molecule has 1 aliphatic rings. The molecule has 0 amide bonds. The molecular formula is C23H25F2N7O. The molecule has 1 aliphatic heterocycles. The van der Waals surface area contributed by atoms with Gasteiger partial charge in [0.25, 0.3) is 0 Å². The maximum atomic E-state index is 13.8. The number of rotatable bonds is 5. The van der Waals surface area contributed by atoms with Crippen molar-refractivity contribution in [3.8, 4) is 11.4 Å². The molecule has 1 aromatic carbocycles. The number of anilines is 2. The number of hydrogen-bond acceptors (Lipinski definition) is 7. The minimum atomic E-state index is -0.946. The van der Waals surface area contributed by atoms with E-state index in [1.54, 1.807) is 30.6 Å². The number of nitrogens with one attached hydrogen (secondary N) is 1. The zero-order valence-corrected chi connectivity index (χ0v) is 18.7. The summed E-state index contributed by atoms with van der Waals surface area (Å²) in [6.45, 7) is 6.38. The molecule has 8 nitrogen and oxygen atoms in total. The van der Waals surface area contributed by atoms with E-state index in [1.165, 1.54) is 12.1 Å². The maximum Gasteiger partial charge on any atom is 0.177 e. The third kappa shape index (κ3) is 4.30. The number of benzene rings is 1. The number of halogens is 2. The van der Waals surface area contributed by atoms with Gasteiger partial charge in [0, 0.05) is 25.2 Å². The van der Waals surface area contributed by atoms with Crippen LogP contribution < -0.4 is 10.2 Å². The minimum Gasteiger partial charge on any atom is -0.389 e. The second-order valence-corrected chi connectivity index (χ2v) is 9.10. The molecule has 4 heterocycles. The predicted octanol–water partition coefficient (Wildman–Crippen LogP) is 3.52. The zero-order valence-electron chi connectivity index (χ0n) is 18.7. The zero-order chi connectivity index (χ0) is 23.3. The Kier molecular flexibility index (Phi) is 5.12. The summed E-state index contributed by atoms with van der Waals surface area (Å²) >= 11 is 0. The Morgan fingerprint density at radius 3 is 2.73 bits per heavy atom. The molecule has 33 heavy (non-hydrogen) atoms. The maximum absolute atomic E-state index is 13.8. The molecule has 0 radical (unpaired) electrons. The fraction of sp³-hybridized carbons (Fsp3) is 0.391. The number of aryl methyl sites for hydroxylation is 1. The van der Waals surface area contributed by atoms with Crippen LogP contribution in [0, 0.1) is 12.7 Å². The Labute approximate surface area is 189 Å². The molecule has 0 saturated carbocycles. The Bertz CT molecular complexity index is 1350. The monoisotopic (exact) mass is 453 g/mol. The van der Waals surface area contributed by atoms with Gasteiger partial charge in [-0.15, -0.1) is 5.10 Å². The third-order valence-corrected chi connectivity index (χ3v) is 5.62. The van der Waals surface area contributed by atoms with Crippen LogP contribution >= 0.6 is 0 Å². The van der Waals surface area contributed by atoms with E-state index in [0.29, 0.717) is 58.2 Å². The van der Waals surface area contributed by atoms with Crippen LogP contribution in [0.1, 0.15) is 26.0 Å². The SMILES string of the molecule is Cc1nc2ccc(F)cc2nc1-c1cn2nc(N3CC[C@@H](F)C3)cc(NCC(C)(C)O)c2n1. The van der Waals surface area contributed by atoms with E-state index in [0.717, 1.165) is 0 Å². The van der Waals surface area contributed by atoms with Crippen LogP contribution in [0.4, 0.5) is 20.3 Å². The first kappa shape index (κ1) is 21.4. The van der Waals surface area contributed by atoms with Crippen LogP contribution in [0.25, 0.3) is 28.1 Å². The summed E-state index contributed by atoms with van der Waals surface area (Å²) in [6, 6.07) is 6.12. The van der Waals surface area contributed by atoms with Crippen molar-refractivity contribution in [1.82, 2.24) is 24.6 Å². The van der Waals surface area contributed by atoms with Gasteiger partial charge >= 0.3 is 0 Å². The largest absolute Gasteiger partial charge is 0.389 e. The third-order valence-electron chi connectivity index (χ3n) is 5.62. The summed E-state index contributed by atoms with van der Waals surface area (Å²) < 4.78 is 29.2. The van der Waals surface area contributed by atoms with Gasteiger partial charge in [0.15, 0.2) is 11.5 Å². The van der Waals surface area contributed by atoms with Crippen molar-refractivity contribution in [2.75, 3.05) is 29.9 Å². The molecule has 10 heteroatoms. The Balaban J connectivity index is 1.62. The number of aliphatic hydroxyl groups is 1. The number of hydrogen-bond donors (Lipinski definition) is 2. The highest BCUT2D eigenvalue weighted by Gasteiger charge is 2.25. The van der Waals surface area contributed by atoms with E-state index in [2.05, 4.69) is 20.4 Å². The van der Waals surface area contributed by atoms with Gasteiger partial charge in [-0.25, -0.2) is 28.2 Å². The van der Waals surface area contributed by atoms with Crippen molar-refractivity contribution in [3.63, 3.8) is 0 Å². The topological polar surface area (TPSA) is 91.5 Å². The van der Waals surface area contributed by atoms with Gasteiger partial charge in [-0.2, -0.15) is 0 Å². The first-order chi connectivity index (χ1) is 15.7. The van der Waals surface area contributed by atoms with E-state index in [-0.39, 0.29) is 18.9 Å². The number of fused-ring (bicyclic) bond motifs is 2. The number of nitrogens with zero attached hydrogens (tertiary/aromatic N) is 6. The lowest BCUT2D eigenvalue weighted by molar-refractivity contribution is 0.0945. The second kappa shape index (κ2) is 7.87. The summed E-state index contributed by atoms with van der Waals surface area (Å²) in [5, 5.41) is 18.1. The van der Waals surface area contributed by atoms with Gasteiger partial charge in [0.05, 0.1) is 40.8 Å². The van der Waals surface area contributed by atoms with Crippen LogP contribution in [0.5, 0.6) is 0 Å². The normalized spacial score (nSPS) is 16.8. The van der Waals surface area contributed by atoms with Crippen LogP contribution in [-0.4, -0.2) is 61.1 Å². The van der Waals surface area contributed by atoms with Crippen molar-refractivity contribution in [3.05, 3.63) is 42.0 Å². The van der Waals surface area contributed by atoms with Gasteiger partial charge in [0.1, 0.15) is 23.4 Å². The van der Waals surface area contributed by atoms with Crippen LogP contribution in [0.3, 0.4) is 0 Å². The fourth-order valence-electron chi connectivity index (χ4n) is 3.96. The molecule has 3 aromatic heterocycles. The highest BCUT2D eigenvalue weighted by molar-refractivity contribution is 5.79. The molecule has 4 aromatic rings. The molecule has 0 spiro atoms. The Morgan fingerprint density at radius 2 is 2.00 bits per heavy atom. The smallest absolute Gasteiger partial charge is 0.177 e. The lowest BCUT2D eigenvalue weighted by Gasteiger charge is -2.21. The van der Waals surface area contributed by atoms with Gasteiger partial charge in [-0.05, 0) is 39.3 Å². The molecule has 1 fully saturated rings. The summed E-state index contributed by atoms with van der Waals surface area (Å²) in [5.41, 5.74) is 3.01. The van der Waals surface area contributed by atoms with Gasteiger partial charge in [0.2, 0.25) is 0 Å². The van der Waals surface area contributed by atoms with Gasteiger partial charge in [-0.1, -0.05) is 0 Å². The van der Waals surface area contributed by atoms with Crippen LogP contribution in [-0.2, 0) is 0 Å². The van der Waals surface area contributed by atoms with E-state index < -0.39 is 11.8 Å². The number of aromatic nitrogens is 5. The van der Waals surface area contributed by atoms with Gasteiger partial charge < -0.3 is 15.3 Å². The summed E-state index contributed by atoms with van der Waals surface area (Å²) in [7, 11) is 0. The van der Waals surface area contributed by atoms with Crippen molar-refractivity contribution in [1.29, 1.82) is 0 Å². The van der Waals surface area contributed by atoms with Crippen molar-refractivity contribution < 1.29 is 13.9 Å². The van der Waals surface area contributed by atoms with E-state index in [1.807, 2.05) is 17.9 Å². The lowest BCUT2D eigenvalue weighted by Crippen LogP contribution is -2.30. The molecule has 0 bridgehead atoms. The summed E-state index contributed by atoms with van der Waals surface area (Å²) in [5.74, 6) is 0.232. The first-order valence-corrected chi connectivity index (χ1v) is 10.9. The summed E-state index contributed by atoms with van der Waals surface area (Å²) in [6.07, 6.45) is 1.31. The average Bonchev–Trinajstić information content (AvgIpc) is 3.37. The summed E-state index contributed by atoms with van der Waals surface area (Å²) in [4.78, 5) is 15.8. The van der Waals surface area contributed by atoms with Crippen molar-refractivity contribution in [2.45, 2.75) is 39.0 Å². The molecule has 1 saturated heterocycles. The quantitative estimate of drug-likeness (QED) is 0.478. The highest BCUT2D eigenvalue weighted by Crippen LogP contribution is 2.29. The molecule has 5 rings (SSSR count). The van der Waals surface area contributed by atoms with E-state index >= 15 is 0 Å². The lowest BCUT2D eigenvalue weighted by atomic mass is 10.1. The van der Waals surface area contributed by atoms with Crippen molar-refractivity contribution in [2.24, 2.45) is 0 Å². The Morgan fingerprint density at radius 1 is 1.18 bits per heavy atom. The molecule has 0 unspecified atom stereocenters. The standard InChI is InChI=1S/C23H25F2N7O/c1-13-21(28-17-8-14(24)4-5-16(17)27-13)19-11-32-22(29-19)18(26-12-23(2,3)33)9-20(30-32)31-7-6-15(25)10-31/h4-5,8-9,11,15,26,33H,6-7,10,12H2,1-3H3/t15-/m1/s1. The highest BCUT2D eigenvalue weighted by atomic mass is 19.1. The average molecular weight is 453 g/mol. The second-order valence-electron chi connectivity index (χ2n) is 9.10. The van der Waals surface area contributed by atoms with Gasteiger partial charge in [-0.3, -0.25) is 0 Å². The minimum absolute atomic E-state index is 0.284. The van der Waals surface area contributed by atoms with Crippen molar-refractivity contribution >= 4 is 28.2 Å². The van der Waals surface area contributed by atoms with Crippen LogP contribution in [0.15, 0.2) is 30.5 Å². The predicted molar refractivity (Wildman–Crippen MR) is 123 cm³/mol. The van der Waals surface area contributed by atoms with Crippen LogP contribution in [0.2, 0.25) is 0 Å². The molecular weight excluding hydrogens is 428 g/mol. The van der Waals surface area contributed by atoms with E-state index in [9.17, 15) is 13.9 Å². The molecule has 1 atom stereocenters. The molecule has 0 aliphatic carbocycles. The molecule has 2 N–H and O–H groups in total. The number of imidazole rings is 1. The number of alkyl halides is 1. The molecule has 172 valence electrons. The fourth-order valence-corrected chi connectivity index (χ4v) is 3.96. The van der Waals surface area contributed by atoms with E-state index in [4.69, 9.17) is 4.98 Å². The first-order valence-electron chi connectivity index (χ1n) is 10.9.